The van der Waals surface area contributed by atoms with Crippen LogP contribution >= 0.6 is 0 Å². The lowest BCUT2D eigenvalue weighted by Gasteiger charge is -2.13. The van der Waals surface area contributed by atoms with E-state index in [1.807, 2.05) is 6.08 Å². The van der Waals surface area contributed by atoms with E-state index in [4.69, 9.17) is 0 Å². The molecular weight excluding hydrogens is 336 g/mol. The van der Waals surface area contributed by atoms with Crippen LogP contribution in [0, 0.1) is 0 Å². The topological polar surface area (TPSA) is 57.5 Å². The Hall–Kier alpha value is -1.71. The summed E-state index contributed by atoms with van der Waals surface area (Å²) in [5.41, 5.74) is 1.43. The van der Waals surface area contributed by atoms with Gasteiger partial charge < -0.3 is 15.0 Å². The molecule has 0 saturated heterocycles. The van der Waals surface area contributed by atoms with Crippen molar-refractivity contribution >= 4 is 5.78 Å². The maximum Gasteiger partial charge on any atom is 0.129 e. The van der Waals surface area contributed by atoms with Crippen LogP contribution in [0.1, 0.15) is 70.3 Å². The Labute approximate surface area is 164 Å². The summed E-state index contributed by atoms with van der Waals surface area (Å²) < 4.78 is 0. The number of aryl methyl sites for hydroxylation is 1. The van der Waals surface area contributed by atoms with E-state index in [-0.39, 0.29) is 5.78 Å². The second-order valence-corrected chi connectivity index (χ2v) is 7.26. The highest BCUT2D eigenvalue weighted by Crippen LogP contribution is 2.10. The third-order valence-electron chi connectivity index (χ3n) is 4.66. The Bertz CT molecular complexity index is 548. The van der Waals surface area contributed by atoms with Crippen LogP contribution in [0.3, 0.4) is 0 Å². The summed E-state index contributed by atoms with van der Waals surface area (Å²) in [5.74, 6) is 0.117. The zero-order chi connectivity index (χ0) is 19.7. The van der Waals surface area contributed by atoms with Crippen LogP contribution in [0.25, 0.3) is 0 Å². The number of benzene rings is 1. The lowest BCUT2D eigenvalue weighted by Crippen LogP contribution is -2.23. The van der Waals surface area contributed by atoms with Crippen LogP contribution in [0.5, 0.6) is 0 Å². The van der Waals surface area contributed by atoms with Gasteiger partial charge in [0.2, 0.25) is 0 Å². The van der Waals surface area contributed by atoms with Crippen LogP contribution in [0.2, 0.25) is 0 Å². The molecule has 0 radical (unpaired) electrons. The molecule has 0 spiro atoms. The minimum Gasteiger partial charge on any atom is -0.390 e. The molecule has 3 heteroatoms. The Balaban J connectivity index is 1.98. The minimum absolute atomic E-state index is 0.117. The number of aliphatic hydroxyl groups excluding tert-OH is 2. The van der Waals surface area contributed by atoms with Gasteiger partial charge in [0.05, 0.1) is 12.2 Å². The molecule has 0 bridgehead atoms. The van der Waals surface area contributed by atoms with Gasteiger partial charge in [0.15, 0.2) is 0 Å². The zero-order valence-corrected chi connectivity index (χ0v) is 16.7. The van der Waals surface area contributed by atoms with Gasteiger partial charge >= 0.3 is 0 Å². The molecule has 0 unspecified atom stereocenters. The highest BCUT2D eigenvalue weighted by molar-refractivity contribution is 5.75. The molecule has 3 nitrogen and oxygen atoms in total. The number of hydrogen-bond acceptors (Lipinski definition) is 3. The van der Waals surface area contributed by atoms with Gasteiger partial charge in [-0.1, -0.05) is 73.9 Å². The summed E-state index contributed by atoms with van der Waals surface area (Å²) in [6.45, 7) is 1.54. The van der Waals surface area contributed by atoms with E-state index in [0.717, 1.165) is 6.42 Å². The zero-order valence-electron chi connectivity index (χ0n) is 16.7. The van der Waals surface area contributed by atoms with E-state index < -0.39 is 12.2 Å². The van der Waals surface area contributed by atoms with E-state index in [1.165, 1.54) is 51.0 Å². The number of allylic oxidation sites excluding steroid dienone is 3. The molecule has 1 rings (SSSR count). The van der Waals surface area contributed by atoms with E-state index >= 15 is 0 Å². The van der Waals surface area contributed by atoms with Crippen LogP contribution in [0.15, 0.2) is 54.6 Å². The first-order valence-electron chi connectivity index (χ1n) is 10.3. The van der Waals surface area contributed by atoms with Crippen LogP contribution in [0.4, 0.5) is 0 Å². The molecule has 0 amide bonds. The number of ketones is 1. The molecule has 0 saturated carbocycles. The van der Waals surface area contributed by atoms with Gasteiger partial charge in [0, 0.05) is 6.42 Å². The molecular formula is C24H36O3. The summed E-state index contributed by atoms with van der Waals surface area (Å²) in [4.78, 5) is 10.9. The monoisotopic (exact) mass is 372 g/mol. The average molecular weight is 373 g/mol. The predicted octanol–water partition coefficient (Wildman–Crippen LogP) is 5.16. The van der Waals surface area contributed by atoms with Crippen molar-refractivity contribution in [3.8, 4) is 0 Å². The number of rotatable bonds is 15. The Morgan fingerprint density at radius 3 is 2.41 bits per heavy atom. The number of Topliss-reactive ketones (excluding diaryl/α,β-unsaturated/α-hetero) is 1. The van der Waals surface area contributed by atoms with Crippen molar-refractivity contribution in [2.24, 2.45) is 0 Å². The van der Waals surface area contributed by atoms with Gasteiger partial charge in [0.25, 0.3) is 0 Å². The SMILES string of the molecule is CC(=O)CCC[C@H](O)[C@H](O)/C=C/C=C/CCCCCCCc1ccccc1. The maximum atomic E-state index is 10.9. The quantitative estimate of drug-likeness (QED) is 0.330. The molecule has 1 aromatic carbocycles. The Morgan fingerprint density at radius 2 is 1.67 bits per heavy atom. The number of unbranched alkanes of at least 4 members (excludes halogenated alkanes) is 5. The lowest BCUT2D eigenvalue weighted by molar-refractivity contribution is -0.117. The molecule has 0 aliphatic carbocycles. The van der Waals surface area contributed by atoms with Crippen molar-refractivity contribution in [2.75, 3.05) is 0 Å². The van der Waals surface area contributed by atoms with Crippen molar-refractivity contribution in [1.82, 2.24) is 0 Å². The van der Waals surface area contributed by atoms with E-state index in [1.54, 1.807) is 12.2 Å². The summed E-state index contributed by atoms with van der Waals surface area (Å²) in [7, 11) is 0. The van der Waals surface area contributed by atoms with Crippen LogP contribution < -0.4 is 0 Å². The number of carbonyl (C=O) groups excluding carboxylic acids is 1. The summed E-state index contributed by atoms with van der Waals surface area (Å²) in [6.07, 6.45) is 15.8. The fourth-order valence-corrected chi connectivity index (χ4v) is 2.98. The third-order valence-corrected chi connectivity index (χ3v) is 4.66. The summed E-state index contributed by atoms with van der Waals surface area (Å²) >= 11 is 0. The molecule has 0 fully saturated rings. The van der Waals surface area contributed by atoms with E-state index in [2.05, 4.69) is 36.4 Å². The normalized spacial score (nSPS) is 14.0. The second kappa shape index (κ2) is 15.4. The first kappa shape index (κ1) is 23.3. The van der Waals surface area contributed by atoms with Crippen molar-refractivity contribution in [3.63, 3.8) is 0 Å². The Kier molecular flexibility index (Phi) is 13.3. The van der Waals surface area contributed by atoms with Crippen molar-refractivity contribution in [1.29, 1.82) is 0 Å². The summed E-state index contributed by atoms with van der Waals surface area (Å²) in [5, 5.41) is 19.6. The number of aliphatic hydroxyl groups is 2. The van der Waals surface area contributed by atoms with Crippen molar-refractivity contribution < 1.29 is 15.0 Å². The fourth-order valence-electron chi connectivity index (χ4n) is 2.98. The van der Waals surface area contributed by atoms with Crippen molar-refractivity contribution in [3.05, 3.63) is 60.2 Å². The predicted molar refractivity (Wildman–Crippen MR) is 113 cm³/mol. The maximum absolute atomic E-state index is 10.9. The van der Waals surface area contributed by atoms with Gasteiger partial charge in [-0.05, 0) is 51.0 Å². The van der Waals surface area contributed by atoms with Gasteiger partial charge in [-0.25, -0.2) is 0 Å². The molecule has 0 aliphatic rings. The van der Waals surface area contributed by atoms with Crippen molar-refractivity contribution in [2.45, 2.75) is 83.3 Å². The van der Waals surface area contributed by atoms with Crippen LogP contribution in [-0.2, 0) is 11.2 Å². The van der Waals surface area contributed by atoms with Gasteiger partial charge in [-0.15, -0.1) is 0 Å². The number of carbonyl (C=O) groups is 1. The minimum atomic E-state index is -0.869. The standard InChI is InChI=1S/C24H36O3/c1-21(25)15-14-20-24(27)23(26)19-13-8-6-4-2-3-5-7-10-16-22-17-11-9-12-18-22/h6,8-9,11-13,17-19,23-24,26-27H,2-5,7,10,14-16,20H2,1H3/b8-6+,19-13+/t23-,24+/m1/s1. The first-order valence-corrected chi connectivity index (χ1v) is 10.3. The molecule has 2 atom stereocenters. The van der Waals surface area contributed by atoms with E-state index in [0.29, 0.717) is 19.3 Å². The number of hydrogen-bond donors (Lipinski definition) is 2. The van der Waals surface area contributed by atoms with Gasteiger partial charge in [-0.3, -0.25) is 0 Å². The second-order valence-electron chi connectivity index (χ2n) is 7.26. The highest BCUT2D eigenvalue weighted by Gasteiger charge is 2.12. The largest absolute Gasteiger partial charge is 0.390 e. The van der Waals surface area contributed by atoms with Crippen LogP contribution in [-0.4, -0.2) is 28.2 Å². The fraction of sp³-hybridized carbons (Fsp3) is 0.542. The first-order chi connectivity index (χ1) is 13.1. The molecule has 27 heavy (non-hydrogen) atoms. The Morgan fingerprint density at radius 1 is 0.963 bits per heavy atom. The molecule has 1 aromatic rings. The van der Waals surface area contributed by atoms with Gasteiger partial charge in [-0.2, -0.15) is 0 Å². The molecule has 0 heterocycles. The highest BCUT2D eigenvalue weighted by atomic mass is 16.3. The molecule has 0 aromatic heterocycles. The molecule has 2 N–H and O–H groups in total. The third kappa shape index (κ3) is 13.2. The molecule has 0 aliphatic heterocycles. The molecule has 150 valence electrons. The lowest BCUT2D eigenvalue weighted by atomic mass is 10.0. The smallest absolute Gasteiger partial charge is 0.129 e. The summed E-state index contributed by atoms with van der Waals surface area (Å²) in [6, 6.07) is 10.7. The van der Waals surface area contributed by atoms with E-state index in [9.17, 15) is 15.0 Å². The average Bonchev–Trinajstić information content (AvgIpc) is 2.66. The van der Waals surface area contributed by atoms with Gasteiger partial charge in [0.1, 0.15) is 5.78 Å².